The van der Waals surface area contributed by atoms with E-state index in [9.17, 15) is 19.2 Å². The van der Waals surface area contributed by atoms with E-state index < -0.39 is 36.5 Å². The smallest absolute Gasteiger partial charge is 0.326 e. The summed E-state index contributed by atoms with van der Waals surface area (Å²) in [6.07, 6.45) is 0. The quantitative estimate of drug-likeness (QED) is 0.542. The van der Waals surface area contributed by atoms with Crippen molar-refractivity contribution in [2.24, 2.45) is 0 Å². The average Bonchev–Trinajstić information content (AvgIpc) is 2.95. The molecule has 30 heavy (non-hydrogen) atoms. The van der Waals surface area contributed by atoms with Crippen LogP contribution < -0.4 is 0 Å². The number of fused-ring (bicyclic) bond motifs is 1. The number of amides is 3. The third kappa shape index (κ3) is 4.56. The lowest BCUT2D eigenvalue weighted by molar-refractivity contribution is -0.154. The molecule has 1 aliphatic rings. The van der Waals surface area contributed by atoms with Gasteiger partial charge in [-0.15, -0.1) is 0 Å². The van der Waals surface area contributed by atoms with Gasteiger partial charge in [-0.1, -0.05) is 42.5 Å². The Morgan fingerprint density at radius 3 is 1.97 bits per heavy atom. The van der Waals surface area contributed by atoms with Crippen LogP contribution in [-0.4, -0.2) is 52.2 Å². The summed E-state index contributed by atoms with van der Waals surface area (Å²) in [5, 5.41) is 0. The lowest BCUT2D eigenvalue weighted by Crippen LogP contribution is -2.47. The Morgan fingerprint density at radius 2 is 1.43 bits per heavy atom. The molecule has 0 saturated carbocycles. The Morgan fingerprint density at radius 1 is 0.900 bits per heavy atom. The van der Waals surface area contributed by atoms with E-state index in [1.54, 1.807) is 17.0 Å². The molecule has 1 aliphatic heterocycles. The number of hydrogen-bond acceptors (Lipinski definition) is 5. The number of hydrogen-bond donors (Lipinski definition) is 0. The molecule has 0 aliphatic carbocycles. The van der Waals surface area contributed by atoms with Crippen molar-refractivity contribution in [2.75, 3.05) is 13.2 Å². The summed E-state index contributed by atoms with van der Waals surface area (Å²) in [5.41, 5.74) is 0.987. The van der Waals surface area contributed by atoms with Gasteiger partial charge < -0.3 is 9.64 Å². The minimum absolute atomic E-state index is 0.258. The first-order chi connectivity index (χ1) is 14.2. The zero-order valence-corrected chi connectivity index (χ0v) is 17.3. The van der Waals surface area contributed by atoms with Crippen LogP contribution in [0.15, 0.2) is 54.6 Å². The van der Waals surface area contributed by atoms with Gasteiger partial charge in [0.05, 0.1) is 11.1 Å². The van der Waals surface area contributed by atoms with Crippen LogP contribution in [0.2, 0.25) is 0 Å². The van der Waals surface area contributed by atoms with Gasteiger partial charge in [0.2, 0.25) is 0 Å². The largest absolute Gasteiger partial charge is 0.454 e. The molecule has 156 valence electrons. The molecule has 7 nitrogen and oxygen atoms in total. The highest BCUT2D eigenvalue weighted by Gasteiger charge is 2.37. The fraction of sp³-hybridized carbons (Fsp3) is 0.304. The third-order valence-electron chi connectivity index (χ3n) is 4.82. The molecular weight excluding hydrogens is 384 g/mol. The summed E-state index contributed by atoms with van der Waals surface area (Å²) >= 11 is 0. The second kappa shape index (κ2) is 8.49. The van der Waals surface area contributed by atoms with Crippen molar-refractivity contribution < 1.29 is 23.9 Å². The SMILES string of the molecule is CC(C)(C)N(Cc1ccccc1)C(=O)COC(=O)CN1C(=O)c2ccccc2C1=O. The molecule has 0 aromatic heterocycles. The standard InChI is InChI=1S/C23H24N2O5/c1-23(2,3)25(13-16-9-5-4-6-10-16)19(26)15-30-20(27)14-24-21(28)17-11-7-8-12-18(17)22(24)29/h4-12H,13-15H2,1-3H3. The van der Waals surface area contributed by atoms with E-state index in [-0.39, 0.29) is 17.0 Å². The van der Waals surface area contributed by atoms with E-state index in [2.05, 4.69) is 0 Å². The van der Waals surface area contributed by atoms with Crippen molar-refractivity contribution in [3.8, 4) is 0 Å². The van der Waals surface area contributed by atoms with Crippen LogP contribution in [0.25, 0.3) is 0 Å². The first kappa shape index (κ1) is 21.2. The van der Waals surface area contributed by atoms with Crippen LogP contribution in [0.1, 0.15) is 47.1 Å². The van der Waals surface area contributed by atoms with Crippen molar-refractivity contribution in [3.05, 3.63) is 71.3 Å². The minimum Gasteiger partial charge on any atom is -0.454 e. The minimum atomic E-state index is -0.813. The second-order valence-electron chi connectivity index (χ2n) is 8.04. The maximum absolute atomic E-state index is 12.7. The number of nitrogens with zero attached hydrogens (tertiary/aromatic N) is 2. The highest BCUT2D eigenvalue weighted by Crippen LogP contribution is 2.22. The summed E-state index contributed by atoms with van der Waals surface area (Å²) in [5.74, 6) is -2.26. The molecule has 0 N–H and O–H groups in total. The Kier molecular flexibility index (Phi) is 6.01. The van der Waals surface area contributed by atoms with Crippen LogP contribution in [0.4, 0.5) is 0 Å². The van der Waals surface area contributed by atoms with Crippen LogP contribution in [0.5, 0.6) is 0 Å². The van der Waals surface area contributed by atoms with E-state index >= 15 is 0 Å². The molecule has 0 fully saturated rings. The summed E-state index contributed by atoms with van der Waals surface area (Å²) in [6.45, 7) is 5.07. The summed E-state index contributed by atoms with van der Waals surface area (Å²) in [6, 6.07) is 15.9. The summed E-state index contributed by atoms with van der Waals surface area (Å²) in [4.78, 5) is 52.1. The van der Waals surface area contributed by atoms with Crippen LogP contribution in [-0.2, 0) is 20.9 Å². The van der Waals surface area contributed by atoms with Crippen molar-refractivity contribution in [3.63, 3.8) is 0 Å². The normalized spacial score (nSPS) is 13.2. The molecule has 0 atom stereocenters. The molecule has 0 saturated heterocycles. The van der Waals surface area contributed by atoms with Gasteiger partial charge in [-0.25, -0.2) is 0 Å². The number of imide groups is 1. The van der Waals surface area contributed by atoms with Gasteiger partial charge in [-0.05, 0) is 38.5 Å². The number of carbonyl (C=O) groups excluding carboxylic acids is 4. The second-order valence-corrected chi connectivity index (χ2v) is 8.04. The maximum atomic E-state index is 12.7. The Bertz CT molecular complexity index is 944. The van der Waals surface area contributed by atoms with E-state index in [1.165, 1.54) is 12.1 Å². The Hall–Kier alpha value is -3.48. The first-order valence-electron chi connectivity index (χ1n) is 9.63. The van der Waals surface area contributed by atoms with Crippen LogP contribution in [0, 0.1) is 0 Å². The van der Waals surface area contributed by atoms with Gasteiger partial charge in [0.1, 0.15) is 6.54 Å². The number of ether oxygens (including phenoxy) is 1. The zero-order chi connectivity index (χ0) is 21.9. The zero-order valence-electron chi connectivity index (χ0n) is 17.3. The molecule has 2 aromatic carbocycles. The molecule has 7 heteroatoms. The highest BCUT2D eigenvalue weighted by molar-refractivity contribution is 6.22. The van der Waals surface area contributed by atoms with Gasteiger partial charge in [-0.3, -0.25) is 24.1 Å². The van der Waals surface area contributed by atoms with E-state index in [4.69, 9.17) is 4.74 Å². The van der Waals surface area contributed by atoms with E-state index in [0.717, 1.165) is 10.5 Å². The number of rotatable bonds is 6. The van der Waals surface area contributed by atoms with Gasteiger partial charge >= 0.3 is 5.97 Å². The number of carbonyl (C=O) groups is 4. The van der Waals surface area contributed by atoms with Crippen molar-refractivity contribution in [1.82, 2.24) is 9.80 Å². The van der Waals surface area contributed by atoms with Gasteiger partial charge in [0, 0.05) is 12.1 Å². The van der Waals surface area contributed by atoms with Gasteiger partial charge in [0.15, 0.2) is 6.61 Å². The average molecular weight is 408 g/mol. The lowest BCUT2D eigenvalue weighted by atomic mass is 10.0. The molecule has 1 heterocycles. The van der Waals surface area contributed by atoms with Crippen molar-refractivity contribution >= 4 is 23.7 Å². The molecule has 0 bridgehead atoms. The topological polar surface area (TPSA) is 84.0 Å². The first-order valence-corrected chi connectivity index (χ1v) is 9.63. The van der Waals surface area contributed by atoms with Crippen molar-refractivity contribution in [1.29, 1.82) is 0 Å². The van der Waals surface area contributed by atoms with Crippen LogP contribution >= 0.6 is 0 Å². The van der Waals surface area contributed by atoms with E-state index in [1.807, 2.05) is 51.1 Å². The molecule has 0 radical (unpaired) electrons. The molecule has 2 aromatic rings. The van der Waals surface area contributed by atoms with Crippen molar-refractivity contribution in [2.45, 2.75) is 32.9 Å². The van der Waals surface area contributed by atoms with Gasteiger partial charge in [0.25, 0.3) is 17.7 Å². The van der Waals surface area contributed by atoms with Crippen LogP contribution in [0.3, 0.4) is 0 Å². The summed E-state index contributed by atoms with van der Waals surface area (Å²) < 4.78 is 5.10. The Labute approximate surface area is 175 Å². The molecular formula is C23H24N2O5. The molecule has 3 rings (SSSR count). The highest BCUT2D eigenvalue weighted by atomic mass is 16.5. The molecule has 0 unspecified atom stereocenters. The number of esters is 1. The molecule has 3 amide bonds. The summed E-state index contributed by atoms with van der Waals surface area (Å²) in [7, 11) is 0. The monoisotopic (exact) mass is 408 g/mol. The predicted octanol–water partition coefficient (Wildman–Crippen LogP) is 2.65. The molecule has 0 spiro atoms. The maximum Gasteiger partial charge on any atom is 0.326 e. The number of benzene rings is 2. The fourth-order valence-electron chi connectivity index (χ4n) is 3.24. The fourth-order valence-corrected chi connectivity index (χ4v) is 3.24. The van der Waals surface area contributed by atoms with E-state index in [0.29, 0.717) is 6.54 Å². The lowest BCUT2D eigenvalue weighted by Gasteiger charge is -2.35. The Balaban J connectivity index is 1.60. The predicted molar refractivity (Wildman–Crippen MR) is 110 cm³/mol. The third-order valence-corrected chi connectivity index (χ3v) is 4.82. The van der Waals surface area contributed by atoms with Gasteiger partial charge in [-0.2, -0.15) is 0 Å².